The first kappa shape index (κ1) is 15.4. The van der Waals surface area contributed by atoms with Crippen molar-refractivity contribution >= 4 is 10.8 Å². The maximum atomic E-state index is 12.3. The minimum atomic E-state index is -2.82. The fourth-order valence-electron chi connectivity index (χ4n) is 2.87. The van der Waals surface area contributed by atoms with Crippen LogP contribution in [0.3, 0.4) is 0 Å². The molecule has 23 heavy (non-hydrogen) atoms. The summed E-state index contributed by atoms with van der Waals surface area (Å²) in [4.78, 5) is 0. The van der Waals surface area contributed by atoms with Crippen LogP contribution in [0.15, 0.2) is 42.6 Å². The van der Waals surface area contributed by atoms with E-state index >= 15 is 0 Å². The molecule has 120 valence electrons. The van der Waals surface area contributed by atoms with Gasteiger partial charge in [0, 0.05) is 5.92 Å². The summed E-state index contributed by atoms with van der Waals surface area (Å²) in [5.41, 5.74) is 2.00. The third-order valence-electron chi connectivity index (χ3n) is 3.84. The molecule has 0 saturated heterocycles. The molecule has 0 spiro atoms. The van der Waals surface area contributed by atoms with Gasteiger partial charge in [-0.15, -0.1) is 0 Å². The summed E-state index contributed by atoms with van der Waals surface area (Å²) in [6.45, 7) is 1.44. The second kappa shape index (κ2) is 6.32. The van der Waals surface area contributed by atoms with E-state index in [1.54, 1.807) is 24.4 Å². The zero-order valence-electron chi connectivity index (χ0n) is 12.8. The topological polar surface area (TPSA) is 50.8 Å². The van der Waals surface area contributed by atoms with Crippen LogP contribution in [0, 0.1) is 5.92 Å². The number of nitrogens with one attached hydrogen (secondary N) is 1. The highest BCUT2D eigenvalue weighted by atomic mass is 19.3. The fraction of sp³-hybridized carbons (Fsp3) is 0.294. The summed E-state index contributed by atoms with van der Waals surface area (Å²) in [5.74, 6) is 0.631. The molecular formula is C17H17F2N3O. The molecule has 0 fully saturated rings. The zero-order chi connectivity index (χ0) is 16.4. The van der Waals surface area contributed by atoms with Gasteiger partial charge in [-0.3, -0.25) is 0 Å². The van der Waals surface area contributed by atoms with Crippen molar-refractivity contribution in [3.05, 3.63) is 53.9 Å². The SMILES string of the molecule is CC(C)C(c1ccc2cc(OC(F)F)ccc2c1)c1cn[nH]n1. The number of hydrogen-bond acceptors (Lipinski definition) is 3. The van der Waals surface area contributed by atoms with Gasteiger partial charge in [-0.05, 0) is 34.4 Å². The quantitative estimate of drug-likeness (QED) is 0.761. The van der Waals surface area contributed by atoms with Crippen LogP contribution >= 0.6 is 0 Å². The van der Waals surface area contributed by atoms with Gasteiger partial charge >= 0.3 is 6.61 Å². The smallest absolute Gasteiger partial charge is 0.387 e. The third-order valence-corrected chi connectivity index (χ3v) is 3.84. The van der Waals surface area contributed by atoms with E-state index in [1.807, 2.05) is 12.1 Å². The predicted octanol–water partition coefficient (Wildman–Crippen LogP) is 4.35. The minimum Gasteiger partial charge on any atom is -0.435 e. The van der Waals surface area contributed by atoms with E-state index < -0.39 is 6.61 Å². The van der Waals surface area contributed by atoms with Gasteiger partial charge in [-0.25, -0.2) is 0 Å². The molecule has 0 saturated carbocycles. The highest BCUT2D eigenvalue weighted by Crippen LogP contribution is 2.33. The number of rotatable bonds is 5. The van der Waals surface area contributed by atoms with Crippen molar-refractivity contribution in [3.8, 4) is 5.75 Å². The molecule has 3 rings (SSSR count). The molecule has 1 aromatic heterocycles. The monoisotopic (exact) mass is 317 g/mol. The number of hydrogen-bond donors (Lipinski definition) is 1. The molecule has 0 amide bonds. The van der Waals surface area contributed by atoms with E-state index in [2.05, 4.69) is 40.1 Å². The van der Waals surface area contributed by atoms with Crippen molar-refractivity contribution in [3.63, 3.8) is 0 Å². The second-order valence-electron chi connectivity index (χ2n) is 5.76. The number of halogens is 2. The maximum absolute atomic E-state index is 12.3. The van der Waals surface area contributed by atoms with Crippen molar-refractivity contribution < 1.29 is 13.5 Å². The van der Waals surface area contributed by atoms with Gasteiger partial charge in [0.1, 0.15) is 5.75 Å². The number of aromatic amines is 1. The van der Waals surface area contributed by atoms with Gasteiger partial charge in [-0.1, -0.05) is 38.1 Å². The van der Waals surface area contributed by atoms with Crippen LogP contribution < -0.4 is 4.74 Å². The Morgan fingerprint density at radius 2 is 1.78 bits per heavy atom. The Kier molecular flexibility index (Phi) is 4.23. The van der Waals surface area contributed by atoms with Crippen LogP contribution in [0.2, 0.25) is 0 Å². The van der Waals surface area contributed by atoms with Gasteiger partial charge in [0.25, 0.3) is 0 Å². The van der Waals surface area contributed by atoms with E-state index in [0.29, 0.717) is 5.92 Å². The van der Waals surface area contributed by atoms with Gasteiger partial charge < -0.3 is 4.74 Å². The molecule has 0 bridgehead atoms. The molecule has 0 radical (unpaired) electrons. The van der Waals surface area contributed by atoms with E-state index in [1.165, 1.54) is 0 Å². The summed E-state index contributed by atoms with van der Waals surface area (Å²) < 4.78 is 29.0. The first-order chi connectivity index (χ1) is 11.0. The lowest BCUT2D eigenvalue weighted by atomic mass is 9.85. The number of alkyl halides is 2. The number of nitrogens with zero attached hydrogens (tertiary/aromatic N) is 2. The lowest BCUT2D eigenvalue weighted by Gasteiger charge is -2.19. The summed E-state index contributed by atoms with van der Waals surface area (Å²) in [7, 11) is 0. The van der Waals surface area contributed by atoms with Crippen LogP contribution in [-0.4, -0.2) is 22.0 Å². The molecule has 2 aromatic carbocycles. The lowest BCUT2D eigenvalue weighted by Crippen LogP contribution is -2.09. The molecule has 1 unspecified atom stereocenters. The van der Waals surface area contributed by atoms with Gasteiger partial charge in [-0.2, -0.15) is 24.2 Å². The molecule has 0 aliphatic carbocycles. The molecule has 1 heterocycles. The number of aromatic nitrogens is 3. The summed E-state index contributed by atoms with van der Waals surface area (Å²) >= 11 is 0. The standard InChI is InChI=1S/C17H17F2N3O/c1-10(2)16(15-9-20-22-21-15)13-4-3-12-8-14(23-17(18)19)6-5-11(12)7-13/h3-10,16-17H,1-2H3,(H,20,21,22). The van der Waals surface area contributed by atoms with Gasteiger partial charge in [0.2, 0.25) is 0 Å². The second-order valence-corrected chi connectivity index (χ2v) is 5.76. The Bertz CT molecular complexity index is 788. The molecule has 1 N–H and O–H groups in total. The molecule has 6 heteroatoms. The molecule has 0 aliphatic heterocycles. The number of ether oxygens (including phenoxy) is 1. The summed E-state index contributed by atoms with van der Waals surface area (Å²) in [6.07, 6.45) is 1.73. The summed E-state index contributed by atoms with van der Waals surface area (Å²) in [5, 5.41) is 12.6. The third kappa shape index (κ3) is 3.31. The van der Waals surface area contributed by atoms with Crippen molar-refractivity contribution in [2.75, 3.05) is 0 Å². The number of H-pyrrole nitrogens is 1. The number of fused-ring (bicyclic) bond motifs is 1. The maximum Gasteiger partial charge on any atom is 0.387 e. The van der Waals surface area contributed by atoms with Crippen molar-refractivity contribution in [2.45, 2.75) is 26.4 Å². The van der Waals surface area contributed by atoms with Crippen LogP contribution in [0.4, 0.5) is 8.78 Å². The van der Waals surface area contributed by atoms with Crippen molar-refractivity contribution in [1.82, 2.24) is 15.4 Å². The van der Waals surface area contributed by atoms with E-state index in [0.717, 1.165) is 22.0 Å². The zero-order valence-corrected chi connectivity index (χ0v) is 12.8. The first-order valence-corrected chi connectivity index (χ1v) is 7.39. The van der Waals surface area contributed by atoms with Crippen molar-refractivity contribution in [2.24, 2.45) is 5.92 Å². The molecule has 3 aromatic rings. The largest absolute Gasteiger partial charge is 0.435 e. The minimum absolute atomic E-state index is 0.121. The lowest BCUT2D eigenvalue weighted by molar-refractivity contribution is -0.0497. The van der Waals surface area contributed by atoms with E-state index in [-0.39, 0.29) is 11.7 Å². The first-order valence-electron chi connectivity index (χ1n) is 7.39. The normalized spacial score (nSPS) is 13.0. The Labute approximate surface area is 132 Å². The van der Waals surface area contributed by atoms with E-state index in [4.69, 9.17) is 0 Å². The Hall–Kier alpha value is -2.50. The molecule has 4 nitrogen and oxygen atoms in total. The highest BCUT2D eigenvalue weighted by Gasteiger charge is 2.21. The van der Waals surface area contributed by atoms with Gasteiger partial charge in [0.05, 0.1) is 11.9 Å². The van der Waals surface area contributed by atoms with Gasteiger partial charge in [0.15, 0.2) is 0 Å². The predicted molar refractivity (Wildman–Crippen MR) is 83.6 cm³/mol. The highest BCUT2D eigenvalue weighted by molar-refractivity contribution is 5.84. The Morgan fingerprint density at radius 3 is 2.43 bits per heavy atom. The van der Waals surface area contributed by atoms with Crippen LogP contribution in [0.5, 0.6) is 5.75 Å². The van der Waals surface area contributed by atoms with Crippen LogP contribution in [0.25, 0.3) is 10.8 Å². The average molecular weight is 317 g/mol. The van der Waals surface area contributed by atoms with E-state index in [9.17, 15) is 8.78 Å². The van der Waals surface area contributed by atoms with Crippen LogP contribution in [0.1, 0.15) is 31.0 Å². The fourth-order valence-corrected chi connectivity index (χ4v) is 2.87. The molecular weight excluding hydrogens is 300 g/mol. The average Bonchev–Trinajstić information content (AvgIpc) is 3.00. The molecule has 0 aliphatic rings. The Morgan fingerprint density at radius 1 is 1.04 bits per heavy atom. The van der Waals surface area contributed by atoms with Crippen LogP contribution in [-0.2, 0) is 0 Å². The van der Waals surface area contributed by atoms with Crippen molar-refractivity contribution in [1.29, 1.82) is 0 Å². The number of benzene rings is 2. The summed E-state index contributed by atoms with van der Waals surface area (Å²) in [6, 6.07) is 10.9. The molecule has 1 atom stereocenters. The Balaban J connectivity index is 1.99.